The number of fused-ring (bicyclic) bond motifs is 5. The highest BCUT2D eigenvalue weighted by Gasteiger charge is 2.61. The molecule has 126 valence electrons. The largest absolute Gasteiger partial charge is 0.392 e. The second-order valence-corrected chi connectivity index (χ2v) is 9.28. The van der Waals surface area contributed by atoms with Crippen LogP contribution in [0.15, 0.2) is 0 Å². The summed E-state index contributed by atoms with van der Waals surface area (Å²) in [6, 6.07) is 0. The summed E-state index contributed by atoms with van der Waals surface area (Å²) >= 11 is 0. The third kappa shape index (κ3) is 1.95. The van der Waals surface area contributed by atoms with E-state index in [4.69, 9.17) is 6.42 Å². The molecule has 8 atom stereocenters. The van der Waals surface area contributed by atoms with Gasteiger partial charge in [-0.1, -0.05) is 13.8 Å². The summed E-state index contributed by atoms with van der Waals surface area (Å²) in [4.78, 5) is 12.4. The molecule has 4 aliphatic carbocycles. The molecule has 3 unspecified atom stereocenters. The highest BCUT2D eigenvalue weighted by molar-refractivity contribution is 5.87. The molecule has 23 heavy (non-hydrogen) atoms. The fourth-order valence-corrected chi connectivity index (χ4v) is 7.35. The molecular formula is C21H30O2. The average molecular weight is 314 g/mol. The van der Waals surface area contributed by atoms with Crippen LogP contribution in [0, 0.1) is 52.8 Å². The third-order valence-electron chi connectivity index (χ3n) is 8.67. The Labute approximate surface area is 140 Å². The SMILES string of the molecule is C#CC1C(O)CC[C@@]2(C)C1CC[C@@H]1[C@H]2CC[C@]2(C)C(=O)CC[C@@H]12. The van der Waals surface area contributed by atoms with Crippen molar-refractivity contribution in [2.75, 3.05) is 0 Å². The van der Waals surface area contributed by atoms with Crippen LogP contribution in [0.1, 0.15) is 65.2 Å². The lowest BCUT2D eigenvalue weighted by Crippen LogP contribution is -2.56. The van der Waals surface area contributed by atoms with Crippen molar-refractivity contribution in [3.63, 3.8) is 0 Å². The fraction of sp³-hybridized carbons (Fsp3) is 0.857. The van der Waals surface area contributed by atoms with Gasteiger partial charge in [-0.05, 0) is 74.0 Å². The van der Waals surface area contributed by atoms with Crippen molar-refractivity contribution < 1.29 is 9.90 Å². The number of hydrogen-bond acceptors (Lipinski definition) is 2. The first-order valence-corrected chi connectivity index (χ1v) is 9.59. The number of carbonyl (C=O) groups excluding carboxylic acids is 1. The van der Waals surface area contributed by atoms with Crippen molar-refractivity contribution >= 4 is 5.78 Å². The van der Waals surface area contributed by atoms with Crippen LogP contribution in [0.5, 0.6) is 0 Å². The summed E-state index contributed by atoms with van der Waals surface area (Å²) in [5.41, 5.74) is 0.232. The van der Waals surface area contributed by atoms with Crippen LogP contribution in [0.4, 0.5) is 0 Å². The molecule has 0 amide bonds. The van der Waals surface area contributed by atoms with Crippen molar-refractivity contribution in [2.24, 2.45) is 40.4 Å². The predicted octanol–water partition coefficient (Wildman–Crippen LogP) is 3.82. The zero-order chi connectivity index (χ0) is 16.4. The van der Waals surface area contributed by atoms with E-state index >= 15 is 0 Å². The molecule has 0 bridgehead atoms. The normalized spacial score (nSPS) is 55.5. The Bertz CT molecular complexity index is 561. The van der Waals surface area contributed by atoms with Gasteiger partial charge >= 0.3 is 0 Å². The minimum Gasteiger partial charge on any atom is -0.392 e. The van der Waals surface area contributed by atoms with E-state index in [1.165, 1.54) is 12.8 Å². The van der Waals surface area contributed by atoms with Gasteiger partial charge < -0.3 is 5.11 Å². The van der Waals surface area contributed by atoms with Gasteiger partial charge in [0.25, 0.3) is 0 Å². The predicted molar refractivity (Wildman–Crippen MR) is 90.4 cm³/mol. The Hall–Kier alpha value is -0.810. The maximum Gasteiger partial charge on any atom is 0.139 e. The molecule has 0 saturated heterocycles. The lowest BCUT2D eigenvalue weighted by Gasteiger charge is -2.61. The topological polar surface area (TPSA) is 37.3 Å². The summed E-state index contributed by atoms with van der Waals surface area (Å²) in [5, 5.41) is 10.4. The molecule has 2 heteroatoms. The lowest BCUT2D eigenvalue weighted by molar-refractivity contribution is -0.148. The first-order valence-electron chi connectivity index (χ1n) is 9.59. The Kier molecular flexibility index (Phi) is 3.48. The maximum absolute atomic E-state index is 12.4. The highest BCUT2D eigenvalue weighted by Crippen LogP contribution is 2.66. The Balaban J connectivity index is 1.67. The molecule has 0 aliphatic heterocycles. The summed E-state index contributed by atoms with van der Waals surface area (Å²) in [6.45, 7) is 4.69. The number of hydrogen-bond donors (Lipinski definition) is 1. The lowest BCUT2D eigenvalue weighted by atomic mass is 9.43. The molecule has 1 N–H and O–H groups in total. The van der Waals surface area contributed by atoms with Crippen LogP contribution in [0.3, 0.4) is 0 Å². The van der Waals surface area contributed by atoms with E-state index in [0.29, 0.717) is 29.5 Å². The number of aliphatic hydroxyl groups is 1. The average Bonchev–Trinajstić information content (AvgIpc) is 2.83. The van der Waals surface area contributed by atoms with E-state index in [1.807, 2.05) is 0 Å². The molecule has 4 rings (SSSR count). The van der Waals surface area contributed by atoms with E-state index in [0.717, 1.165) is 38.5 Å². The Morgan fingerprint density at radius 1 is 1.04 bits per heavy atom. The van der Waals surface area contributed by atoms with Gasteiger partial charge in [0.15, 0.2) is 0 Å². The smallest absolute Gasteiger partial charge is 0.139 e. The molecule has 0 aromatic carbocycles. The van der Waals surface area contributed by atoms with Crippen LogP contribution in [0.2, 0.25) is 0 Å². The Morgan fingerprint density at radius 2 is 1.83 bits per heavy atom. The van der Waals surface area contributed by atoms with Gasteiger partial charge in [-0.15, -0.1) is 12.3 Å². The van der Waals surface area contributed by atoms with Crippen LogP contribution in [-0.4, -0.2) is 17.0 Å². The van der Waals surface area contributed by atoms with Crippen LogP contribution in [0.25, 0.3) is 0 Å². The number of Topliss-reactive ketones (excluding diaryl/α,β-unsaturated/α-hetero) is 1. The van der Waals surface area contributed by atoms with Gasteiger partial charge in [0.05, 0.1) is 6.10 Å². The molecule has 4 saturated carbocycles. The first kappa shape index (κ1) is 15.7. The maximum atomic E-state index is 12.4. The van der Waals surface area contributed by atoms with Crippen molar-refractivity contribution in [2.45, 2.75) is 71.3 Å². The summed E-state index contributed by atoms with van der Waals surface area (Å²) in [5.74, 6) is 5.96. The Morgan fingerprint density at radius 3 is 2.57 bits per heavy atom. The van der Waals surface area contributed by atoms with E-state index < -0.39 is 0 Å². The van der Waals surface area contributed by atoms with Crippen LogP contribution >= 0.6 is 0 Å². The number of carbonyl (C=O) groups is 1. The number of ketones is 1. The standard InChI is InChI=1S/C21H30O2/c1-4-13-15-6-5-14-16-7-8-19(23)21(16,3)11-9-17(14)20(15,2)12-10-18(13)22/h1,13-18,22H,5-12H2,2-3H3/t13?,14-,15?,16-,17+,18?,20-,21-/m0/s1. The monoisotopic (exact) mass is 314 g/mol. The fourth-order valence-electron chi connectivity index (χ4n) is 7.35. The highest BCUT2D eigenvalue weighted by atomic mass is 16.3. The molecule has 0 aromatic heterocycles. The number of rotatable bonds is 0. The minimum atomic E-state index is -0.309. The van der Waals surface area contributed by atoms with Gasteiger partial charge in [0.2, 0.25) is 0 Å². The summed E-state index contributed by atoms with van der Waals surface area (Å²) < 4.78 is 0. The zero-order valence-corrected chi connectivity index (χ0v) is 14.6. The second kappa shape index (κ2) is 5.09. The van der Waals surface area contributed by atoms with Gasteiger partial charge in [0.1, 0.15) is 5.78 Å². The molecular weight excluding hydrogens is 284 g/mol. The second-order valence-electron chi connectivity index (χ2n) is 9.28. The van der Waals surface area contributed by atoms with Crippen LogP contribution in [-0.2, 0) is 4.79 Å². The van der Waals surface area contributed by atoms with Gasteiger partial charge in [-0.25, -0.2) is 0 Å². The minimum absolute atomic E-state index is 0.0354. The number of aliphatic hydroxyl groups excluding tert-OH is 1. The first-order chi connectivity index (χ1) is 10.9. The zero-order valence-electron chi connectivity index (χ0n) is 14.6. The molecule has 2 nitrogen and oxygen atoms in total. The molecule has 4 aliphatic rings. The molecule has 0 aromatic rings. The van der Waals surface area contributed by atoms with Gasteiger partial charge in [0, 0.05) is 17.8 Å². The van der Waals surface area contributed by atoms with Crippen molar-refractivity contribution in [1.29, 1.82) is 0 Å². The quantitative estimate of drug-likeness (QED) is 0.690. The van der Waals surface area contributed by atoms with Crippen LogP contribution < -0.4 is 0 Å². The summed E-state index contributed by atoms with van der Waals surface area (Å²) in [6.07, 6.45) is 14.0. The van der Waals surface area contributed by atoms with Gasteiger partial charge in [-0.2, -0.15) is 0 Å². The van der Waals surface area contributed by atoms with E-state index in [-0.39, 0.29) is 22.9 Å². The van der Waals surface area contributed by atoms with Crippen molar-refractivity contribution in [1.82, 2.24) is 0 Å². The van der Waals surface area contributed by atoms with Crippen molar-refractivity contribution in [3.05, 3.63) is 0 Å². The molecule has 0 heterocycles. The molecule has 0 radical (unpaired) electrons. The van der Waals surface area contributed by atoms with E-state index in [2.05, 4.69) is 19.8 Å². The third-order valence-corrected chi connectivity index (χ3v) is 8.67. The molecule has 4 fully saturated rings. The van der Waals surface area contributed by atoms with E-state index in [1.54, 1.807) is 0 Å². The summed E-state index contributed by atoms with van der Waals surface area (Å²) in [7, 11) is 0. The number of terminal acetylenes is 1. The van der Waals surface area contributed by atoms with Gasteiger partial charge in [-0.3, -0.25) is 4.79 Å². The molecule has 0 spiro atoms. The van der Waals surface area contributed by atoms with Crippen molar-refractivity contribution in [3.8, 4) is 12.3 Å². The van der Waals surface area contributed by atoms with E-state index in [9.17, 15) is 9.90 Å².